The van der Waals surface area contributed by atoms with Crippen molar-refractivity contribution < 1.29 is 19.4 Å². The van der Waals surface area contributed by atoms with Crippen LogP contribution in [0.5, 0.6) is 5.88 Å². The largest absolute Gasteiger partial charge is 0.494 e. The lowest BCUT2D eigenvalue weighted by atomic mass is 10.0. The number of ether oxygens (including phenoxy) is 1. The van der Waals surface area contributed by atoms with Gasteiger partial charge < -0.3 is 15.2 Å². The highest BCUT2D eigenvalue weighted by atomic mass is 16.5. The van der Waals surface area contributed by atoms with Crippen LogP contribution in [0.4, 0.5) is 5.69 Å². The quantitative estimate of drug-likeness (QED) is 0.727. The van der Waals surface area contributed by atoms with Crippen LogP contribution in [0.1, 0.15) is 35.7 Å². The summed E-state index contributed by atoms with van der Waals surface area (Å²) in [6.45, 7) is 3.51. The summed E-state index contributed by atoms with van der Waals surface area (Å²) >= 11 is 0. The number of hydrogen-bond acceptors (Lipinski definition) is 5. The Morgan fingerprint density at radius 3 is 2.62 bits per heavy atom. The average molecular weight is 330 g/mol. The number of H-pyrrole nitrogens is 1. The molecule has 0 radical (unpaired) electrons. The number of benzene rings is 1. The lowest BCUT2D eigenvalue weighted by Crippen LogP contribution is -2.22. The molecule has 1 aromatic carbocycles. The number of aromatic hydroxyl groups is 1. The van der Waals surface area contributed by atoms with Gasteiger partial charge in [-0.1, -0.05) is 32.0 Å². The zero-order chi connectivity index (χ0) is 17.7. The van der Waals surface area contributed by atoms with Gasteiger partial charge in [0.25, 0.3) is 11.5 Å². The molecule has 24 heavy (non-hydrogen) atoms. The number of esters is 1. The van der Waals surface area contributed by atoms with Crippen molar-refractivity contribution in [1.29, 1.82) is 0 Å². The van der Waals surface area contributed by atoms with E-state index in [1.807, 2.05) is 26.0 Å². The Morgan fingerprint density at radius 2 is 1.96 bits per heavy atom. The number of aromatic nitrogens is 1. The standard InChI is InChI=1S/C17H18N2O5/c1-10(2)12-5-3-4-6-13(12)18-16(22)9-24-17(23)11-7-14(20)19-15(21)8-11/h3-8,10H,9H2,1-2H3,(H,18,22)(H2,19,20,21). The van der Waals surface area contributed by atoms with Crippen molar-refractivity contribution in [3.63, 3.8) is 0 Å². The SMILES string of the molecule is CC(C)c1ccccc1NC(=O)COC(=O)c1cc(O)[nH]c(=O)c1. The molecule has 0 saturated carbocycles. The summed E-state index contributed by atoms with van der Waals surface area (Å²) in [6, 6.07) is 9.38. The van der Waals surface area contributed by atoms with Gasteiger partial charge in [-0.05, 0) is 17.5 Å². The zero-order valence-electron chi connectivity index (χ0n) is 13.3. The molecular weight excluding hydrogens is 312 g/mol. The number of carbonyl (C=O) groups is 2. The number of para-hydroxylation sites is 1. The molecule has 2 aromatic rings. The Hall–Kier alpha value is -3.09. The van der Waals surface area contributed by atoms with Crippen molar-refractivity contribution in [3.8, 4) is 5.88 Å². The maximum atomic E-state index is 12.0. The molecule has 0 aliphatic heterocycles. The Morgan fingerprint density at radius 1 is 1.25 bits per heavy atom. The highest BCUT2D eigenvalue weighted by Crippen LogP contribution is 2.23. The minimum Gasteiger partial charge on any atom is -0.494 e. The molecule has 0 saturated heterocycles. The first kappa shape index (κ1) is 17.3. The van der Waals surface area contributed by atoms with Crippen LogP contribution in [0.3, 0.4) is 0 Å². The molecule has 126 valence electrons. The molecule has 1 aromatic heterocycles. The highest BCUT2D eigenvalue weighted by Gasteiger charge is 2.14. The third kappa shape index (κ3) is 4.45. The maximum Gasteiger partial charge on any atom is 0.339 e. The summed E-state index contributed by atoms with van der Waals surface area (Å²) in [5.41, 5.74) is 0.850. The molecule has 0 atom stereocenters. The first-order valence-electron chi connectivity index (χ1n) is 7.36. The summed E-state index contributed by atoms with van der Waals surface area (Å²) in [7, 11) is 0. The molecule has 0 unspecified atom stereocenters. The fourth-order valence-electron chi connectivity index (χ4n) is 2.16. The van der Waals surface area contributed by atoms with E-state index in [0.29, 0.717) is 5.69 Å². The summed E-state index contributed by atoms with van der Waals surface area (Å²) in [4.78, 5) is 37.1. The number of amides is 1. The van der Waals surface area contributed by atoms with E-state index < -0.39 is 29.9 Å². The van der Waals surface area contributed by atoms with Gasteiger partial charge in [-0.15, -0.1) is 0 Å². The lowest BCUT2D eigenvalue weighted by Gasteiger charge is -2.13. The van der Waals surface area contributed by atoms with Crippen LogP contribution < -0.4 is 10.9 Å². The van der Waals surface area contributed by atoms with E-state index in [4.69, 9.17) is 4.74 Å². The number of carbonyl (C=O) groups excluding carboxylic acids is 2. The van der Waals surface area contributed by atoms with Crippen LogP contribution in [0.2, 0.25) is 0 Å². The van der Waals surface area contributed by atoms with E-state index >= 15 is 0 Å². The lowest BCUT2D eigenvalue weighted by molar-refractivity contribution is -0.119. The second-order valence-electron chi connectivity index (χ2n) is 5.48. The second kappa shape index (κ2) is 7.45. The van der Waals surface area contributed by atoms with Gasteiger partial charge in [0, 0.05) is 17.8 Å². The molecular formula is C17H18N2O5. The number of nitrogens with one attached hydrogen (secondary N) is 2. The maximum absolute atomic E-state index is 12.0. The third-order valence-electron chi connectivity index (χ3n) is 3.26. The van der Waals surface area contributed by atoms with E-state index in [9.17, 15) is 19.5 Å². The van der Waals surface area contributed by atoms with Crippen molar-refractivity contribution in [2.24, 2.45) is 0 Å². The topological polar surface area (TPSA) is 108 Å². The van der Waals surface area contributed by atoms with Crippen LogP contribution in [0.15, 0.2) is 41.2 Å². The van der Waals surface area contributed by atoms with Gasteiger partial charge in [0.2, 0.25) is 0 Å². The van der Waals surface area contributed by atoms with E-state index in [-0.39, 0.29) is 11.5 Å². The number of rotatable bonds is 5. The summed E-state index contributed by atoms with van der Waals surface area (Å²) in [5, 5.41) is 11.9. The molecule has 2 rings (SSSR count). The van der Waals surface area contributed by atoms with Crippen molar-refractivity contribution >= 4 is 17.6 Å². The molecule has 1 heterocycles. The fraction of sp³-hybridized carbons (Fsp3) is 0.235. The average Bonchev–Trinajstić information content (AvgIpc) is 2.52. The normalized spacial score (nSPS) is 10.5. The summed E-state index contributed by atoms with van der Waals surface area (Å²) in [5.74, 6) is -1.60. The van der Waals surface area contributed by atoms with Crippen molar-refractivity contribution in [2.45, 2.75) is 19.8 Å². The fourth-order valence-corrected chi connectivity index (χ4v) is 2.16. The minimum atomic E-state index is -0.872. The third-order valence-corrected chi connectivity index (χ3v) is 3.26. The van der Waals surface area contributed by atoms with Crippen molar-refractivity contribution in [1.82, 2.24) is 4.98 Å². The van der Waals surface area contributed by atoms with Crippen LogP contribution in [0.25, 0.3) is 0 Å². The Labute approximate surface area is 138 Å². The molecule has 0 bridgehead atoms. The van der Waals surface area contributed by atoms with E-state index in [1.54, 1.807) is 12.1 Å². The molecule has 3 N–H and O–H groups in total. The first-order valence-corrected chi connectivity index (χ1v) is 7.36. The predicted octanol–water partition coefficient (Wildman–Crippen LogP) is 2.00. The van der Waals surface area contributed by atoms with Crippen molar-refractivity contribution in [2.75, 3.05) is 11.9 Å². The first-order chi connectivity index (χ1) is 11.4. The molecule has 1 amide bonds. The van der Waals surface area contributed by atoms with Gasteiger partial charge in [0.15, 0.2) is 12.5 Å². The molecule has 0 aliphatic rings. The Balaban J connectivity index is 1.98. The number of pyridine rings is 1. The van der Waals surface area contributed by atoms with Gasteiger partial charge in [0.05, 0.1) is 5.56 Å². The van der Waals surface area contributed by atoms with Gasteiger partial charge in [-0.2, -0.15) is 0 Å². The van der Waals surface area contributed by atoms with Crippen LogP contribution in [-0.4, -0.2) is 28.6 Å². The summed E-state index contributed by atoms with van der Waals surface area (Å²) < 4.78 is 4.86. The molecule has 0 aliphatic carbocycles. The zero-order valence-corrected chi connectivity index (χ0v) is 13.3. The highest BCUT2D eigenvalue weighted by molar-refractivity contribution is 5.96. The summed E-state index contributed by atoms with van der Waals surface area (Å²) in [6.07, 6.45) is 0. The number of aromatic amines is 1. The molecule has 7 heteroatoms. The van der Waals surface area contributed by atoms with Gasteiger partial charge >= 0.3 is 5.97 Å². The van der Waals surface area contributed by atoms with E-state index in [1.165, 1.54) is 0 Å². The Kier molecular flexibility index (Phi) is 5.36. The van der Waals surface area contributed by atoms with Crippen LogP contribution in [0, 0.1) is 0 Å². The number of anilines is 1. The monoisotopic (exact) mass is 330 g/mol. The smallest absolute Gasteiger partial charge is 0.339 e. The molecule has 0 spiro atoms. The second-order valence-corrected chi connectivity index (χ2v) is 5.48. The van der Waals surface area contributed by atoms with E-state index in [0.717, 1.165) is 17.7 Å². The van der Waals surface area contributed by atoms with Crippen LogP contribution in [-0.2, 0) is 9.53 Å². The van der Waals surface area contributed by atoms with Gasteiger partial charge in [0.1, 0.15) is 0 Å². The van der Waals surface area contributed by atoms with Gasteiger partial charge in [-0.3, -0.25) is 14.6 Å². The Bertz CT molecular complexity index is 811. The molecule has 7 nitrogen and oxygen atoms in total. The van der Waals surface area contributed by atoms with Crippen LogP contribution >= 0.6 is 0 Å². The number of hydrogen-bond donors (Lipinski definition) is 3. The molecule has 0 fully saturated rings. The van der Waals surface area contributed by atoms with Crippen molar-refractivity contribution in [3.05, 3.63) is 57.9 Å². The minimum absolute atomic E-state index is 0.133. The van der Waals surface area contributed by atoms with E-state index in [2.05, 4.69) is 10.3 Å². The van der Waals surface area contributed by atoms with Gasteiger partial charge in [-0.25, -0.2) is 4.79 Å². The predicted molar refractivity (Wildman–Crippen MR) is 88.2 cm³/mol.